The van der Waals surface area contributed by atoms with Gasteiger partial charge in [0.25, 0.3) is 0 Å². The van der Waals surface area contributed by atoms with Gasteiger partial charge in [-0.3, -0.25) is 0 Å². The Bertz CT molecular complexity index is 949. The van der Waals surface area contributed by atoms with Crippen LogP contribution in [0.15, 0.2) is 96.3 Å². The summed E-state index contributed by atoms with van der Waals surface area (Å²) >= 11 is 0. The Hall–Kier alpha value is -3.06. The van der Waals surface area contributed by atoms with Crippen molar-refractivity contribution >= 4 is 27.6 Å². The first kappa shape index (κ1) is 13.6. The Morgan fingerprint density at radius 2 is 1.35 bits per heavy atom. The van der Waals surface area contributed by atoms with Crippen LogP contribution in [-0.4, -0.2) is 0 Å². The van der Waals surface area contributed by atoms with Crippen LogP contribution in [0, 0.1) is 0 Å². The van der Waals surface area contributed by atoms with E-state index in [4.69, 9.17) is 0 Å². The molecule has 0 bridgehead atoms. The van der Waals surface area contributed by atoms with Crippen LogP contribution in [0.4, 0.5) is 0 Å². The van der Waals surface area contributed by atoms with Gasteiger partial charge >= 0.3 is 0 Å². The van der Waals surface area contributed by atoms with Crippen molar-refractivity contribution in [1.82, 2.24) is 0 Å². The van der Waals surface area contributed by atoms with E-state index in [1.54, 1.807) is 6.08 Å². The lowest BCUT2D eigenvalue weighted by Gasteiger charge is -2.11. The van der Waals surface area contributed by atoms with Crippen molar-refractivity contribution in [1.29, 1.82) is 0 Å². The second-order valence-corrected chi connectivity index (χ2v) is 5.60. The zero-order valence-corrected chi connectivity index (χ0v) is 12.6. The highest BCUT2D eigenvalue weighted by molar-refractivity contribution is 6.06. The molecule has 0 N–H and O–H groups in total. The van der Waals surface area contributed by atoms with Crippen molar-refractivity contribution < 1.29 is 5.11 Å². The molecule has 1 aliphatic rings. The van der Waals surface area contributed by atoms with Gasteiger partial charge in [0.05, 0.1) is 0 Å². The van der Waals surface area contributed by atoms with Gasteiger partial charge in [0.1, 0.15) is 0 Å². The Kier molecular flexibility index (Phi) is 3.32. The summed E-state index contributed by atoms with van der Waals surface area (Å²) in [5, 5.41) is 17.0. The maximum Gasteiger partial charge on any atom is -0.00996 e. The van der Waals surface area contributed by atoms with Crippen LogP contribution >= 0.6 is 0 Å². The predicted molar refractivity (Wildman–Crippen MR) is 95.8 cm³/mol. The van der Waals surface area contributed by atoms with Gasteiger partial charge in [-0.2, -0.15) is 0 Å². The first-order valence-corrected chi connectivity index (χ1v) is 7.67. The van der Waals surface area contributed by atoms with E-state index < -0.39 is 0 Å². The van der Waals surface area contributed by atoms with E-state index in [0.29, 0.717) is 0 Å². The topological polar surface area (TPSA) is 23.1 Å². The van der Waals surface area contributed by atoms with E-state index in [0.717, 1.165) is 21.9 Å². The summed E-state index contributed by atoms with van der Waals surface area (Å²) in [5.41, 5.74) is 1.82. The number of allylic oxidation sites excluding steroid dienone is 6. The van der Waals surface area contributed by atoms with E-state index >= 15 is 0 Å². The molecule has 1 aliphatic carbocycles. The zero-order chi connectivity index (χ0) is 15.6. The standard InChI is InChI=1S/C22H16O/c23-22(16-7-1-2-8-16)14-13-21-19-11-5-3-9-17(19)15-18-10-4-6-12-20(18)21/h1-15,23H/p-1/b14-13+. The van der Waals surface area contributed by atoms with E-state index in [9.17, 15) is 5.11 Å². The molecular formula is C22H15O-. The summed E-state index contributed by atoms with van der Waals surface area (Å²) < 4.78 is 0. The minimum absolute atomic E-state index is 0.0343. The van der Waals surface area contributed by atoms with Crippen molar-refractivity contribution in [2.75, 3.05) is 0 Å². The summed E-state index contributed by atoms with van der Waals surface area (Å²) in [7, 11) is 0. The fourth-order valence-electron chi connectivity index (χ4n) is 3.02. The van der Waals surface area contributed by atoms with Crippen LogP contribution < -0.4 is 5.11 Å². The first-order chi connectivity index (χ1) is 11.3. The quantitative estimate of drug-likeness (QED) is 0.494. The Labute approximate surface area is 135 Å². The molecule has 0 saturated heterocycles. The van der Waals surface area contributed by atoms with Crippen LogP contribution in [0.25, 0.3) is 27.6 Å². The van der Waals surface area contributed by atoms with Gasteiger partial charge in [0, 0.05) is 0 Å². The van der Waals surface area contributed by atoms with Crippen LogP contribution in [0.2, 0.25) is 0 Å². The summed E-state index contributed by atoms with van der Waals surface area (Å²) in [6, 6.07) is 18.8. The first-order valence-electron chi connectivity index (χ1n) is 7.67. The second kappa shape index (κ2) is 5.62. The Balaban J connectivity index is 1.94. The van der Waals surface area contributed by atoms with Gasteiger partial charge in [-0.25, -0.2) is 0 Å². The van der Waals surface area contributed by atoms with Gasteiger partial charge in [-0.1, -0.05) is 85.0 Å². The molecule has 0 aromatic heterocycles. The van der Waals surface area contributed by atoms with E-state index in [1.807, 2.05) is 54.6 Å². The fourth-order valence-corrected chi connectivity index (χ4v) is 3.02. The molecule has 23 heavy (non-hydrogen) atoms. The van der Waals surface area contributed by atoms with Crippen LogP contribution in [0.1, 0.15) is 5.56 Å². The third-order valence-electron chi connectivity index (χ3n) is 4.16. The number of hydrogen-bond donors (Lipinski definition) is 0. The smallest absolute Gasteiger partial charge is 0.00996 e. The Morgan fingerprint density at radius 3 is 1.96 bits per heavy atom. The van der Waals surface area contributed by atoms with Gasteiger partial charge in [-0.15, -0.1) is 5.76 Å². The lowest BCUT2D eigenvalue weighted by atomic mass is 9.96. The van der Waals surface area contributed by atoms with Crippen LogP contribution in [-0.2, 0) is 0 Å². The number of benzene rings is 3. The van der Waals surface area contributed by atoms with Crippen molar-refractivity contribution in [2.45, 2.75) is 0 Å². The molecule has 110 valence electrons. The van der Waals surface area contributed by atoms with E-state index in [2.05, 4.69) is 30.3 Å². The minimum Gasteiger partial charge on any atom is -0.872 e. The molecule has 0 saturated carbocycles. The molecule has 0 aliphatic heterocycles. The molecule has 3 aromatic carbocycles. The Morgan fingerprint density at radius 1 is 0.783 bits per heavy atom. The molecule has 0 spiro atoms. The highest BCUT2D eigenvalue weighted by Gasteiger charge is 2.04. The largest absolute Gasteiger partial charge is 0.872 e. The summed E-state index contributed by atoms with van der Waals surface area (Å²) in [4.78, 5) is 0. The third kappa shape index (κ3) is 2.47. The lowest BCUT2D eigenvalue weighted by Crippen LogP contribution is -2.02. The van der Waals surface area contributed by atoms with Gasteiger partial charge in [0.15, 0.2) is 0 Å². The fraction of sp³-hybridized carbons (Fsp3) is 0. The van der Waals surface area contributed by atoms with Gasteiger partial charge in [-0.05, 0) is 38.7 Å². The second-order valence-electron chi connectivity index (χ2n) is 5.60. The van der Waals surface area contributed by atoms with Crippen LogP contribution in [0.5, 0.6) is 0 Å². The number of rotatable bonds is 2. The SMILES string of the molecule is [O-]C(/C=C/c1c2ccccc2cc2ccccc12)=C1C=CC=C1. The highest BCUT2D eigenvalue weighted by atomic mass is 16.3. The molecule has 0 heterocycles. The molecule has 0 amide bonds. The lowest BCUT2D eigenvalue weighted by molar-refractivity contribution is -0.295. The van der Waals surface area contributed by atoms with Crippen molar-refractivity contribution in [3.05, 3.63) is 102 Å². The molecule has 0 atom stereocenters. The molecule has 0 fully saturated rings. The highest BCUT2D eigenvalue weighted by Crippen LogP contribution is 2.29. The van der Waals surface area contributed by atoms with E-state index in [-0.39, 0.29) is 5.76 Å². The van der Waals surface area contributed by atoms with Gasteiger partial charge < -0.3 is 5.11 Å². The van der Waals surface area contributed by atoms with Crippen molar-refractivity contribution in [3.8, 4) is 0 Å². The summed E-state index contributed by atoms with van der Waals surface area (Å²) in [6.45, 7) is 0. The molecular weight excluding hydrogens is 280 g/mol. The maximum atomic E-state index is 12.3. The third-order valence-corrected chi connectivity index (χ3v) is 4.16. The van der Waals surface area contributed by atoms with E-state index in [1.165, 1.54) is 10.8 Å². The van der Waals surface area contributed by atoms with Crippen molar-refractivity contribution in [3.63, 3.8) is 0 Å². The molecule has 4 rings (SSSR count). The van der Waals surface area contributed by atoms with Crippen LogP contribution in [0.3, 0.4) is 0 Å². The minimum atomic E-state index is 0.0343. The van der Waals surface area contributed by atoms with Crippen molar-refractivity contribution in [2.24, 2.45) is 0 Å². The number of fused-ring (bicyclic) bond motifs is 2. The average Bonchev–Trinajstić information content (AvgIpc) is 3.13. The van der Waals surface area contributed by atoms with Gasteiger partial charge in [0.2, 0.25) is 0 Å². The number of hydrogen-bond acceptors (Lipinski definition) is 1. The molecule has 0 unspecified atom stereocenters. The molecule has 1 nitrogen and oxygen atoms in total. The monoisotopic (exact) mass is 295 g/mol. The normalized spacial score (nSPS) is 13.7. The molecule has 0 radical (unpaired) electrons. The maximum absolute atomic E-state index is 12.3. The summed E-state index contributed by atoms with van der Waals surface area (Å²) in [6.07, 6.45) is 11.1. The average molecular weight is 295 g/mol. The summed E-state index contributed by atoms with van der Waals surface area (Å²) in [5.74, 6) is 0.0343. The zero-order valence-electron chi connectivity index (χ0n) is 12.6. The predicted octanol–water partition coefficient (Wildman–Crippen LogP) is 4.75. The molecule has 1 heteroatoms. The molecule has 3 aromatic rings.